The molecule has 0 bridgehead atoms. The minimum absolute atomic E-state index is 0.389. The smallest absolute Gasteiger partial charge is 0.311 e. The topological polar surface area (TPSA) is 40.5 Å². The van der Waals surface area contributed by atoms with E-state index in [0.717, 1.165) is 45.3 Å². The number of hydrogen-bond donors (Lipinski definition) is 1. The number of hydrogen-bond acceptors (Lipinski definition) is 2. The van der Waals surface area contributed by atoms with Crippen LogP contribution in [0.4, 0.5) is 0 Å². The van der Waals surface area contributed by atoms with Gasteiger partial charge in [-0.15, -0.1) is 6.58 Å². The molecule has 3 heteroatoms. The van der Waals surface area contributed by atoms with Gasteiger partial charge in [-0.1, -0.05) is 12.5 Å². The molecular weight excluding hydrogens is 190 g/mol. The summed E-state index contributed by atoms with van der Waals surface area (Å²) in [4.78, 5) is 13.7. The van der Waals surface area contributed by atoms with E-state index in [2.05, 4.69) is 11.5 Å². The Morgan fingerprint density at radius 3 is 3.07 bits per heavy atom. The first-order valence-electron chi connectivity index (χ1n) is 5.76. The summed E-state index contributed by atoms with van der Waals surface area (Å²) in [5.41, 5.74) is -0.416. The van der Waals surface area contributed by atoms with Gasteiger partial charge in [-0.25, -0.2) is 0 Å². The number of nitrogens with zero attached hydrogens (tertiary/aromatic N) is 1. The van der Waals surface area contributed by atoms with Gasteiger partial charge in [-0.2, -0.15) is 0 Å². The molecule has 0 aromatic rings. The van der Waals surface area contributed by atoms with Crippen LogP contribution in [0.2, 0.25) is 0 Å². The Hall–Kier alpha value is -0.830. The summed E-state index contributed by atoms with van der Waals surface area (Å²) in [5, 5.41) is 9.37. The van der Waals surface area contributed by atoms with Crippen LogP contribution in [0.5, 0.6) is 0 Å². The molecule has 0 unspecified atom stereocenters. The average Bonchev–Trinajstić information content (AvgIpc) is 2.70. The Labute approximate surface area is 90.8 Å². The molecule has 2 atom stereocenters. The first kappa shape index (κ1) is 10.7. The third-order valence-corrected chi connectivity index (χ3v) is 4.02. The number of carboxylic acids is 1. The van der Waals surface area contributed by atoms with Crippen molar-refractivity contribution in [3.8, 4) is 0 Å². The SMILES string of the molecule is C=CCCN1C[C@@H]2CCC[C@@]2(C(=O)O)C1. The zero-order chi connectivity index (χ0) is 10.9. The van der Waals surface area contributed by atoms with Crippen molar-refractivity contribution in [1.29, 1.82) is 0 Å². The Bertz CT molecular complexity index is 277. The van der Waals surface area contributed by atoms with E-state index < -0.39 is 11.4 Å². The van der Waals surface area contributed by atoms with E-state index in [1.807, 2.05) is 6.08 Å². The van der Waals surface area contributed by atoms with Crippen molar-refractivity contribution in [2.45, 2.75) is 25.7 Å². The van der Waals surface area contributed by atoms with Gasteiger partial charge in [-0.05, 0) is 25.2 Å². The monoisotopic (exact) mass is 209 g/mol. The van der Waals surface area contributed by atoms with E-state index in [9.17, 15) is 9.90 Å². The summed E-state index contributed by atoms with van der Waals surface area (Å²) in [6.07, 6.45) is 5.92. The molecule has 0 aromatic carbocycles. The molecular formula is C12H19NO2. The molecule has 1 N–H and O–H groups in total. The van der Waals surface area contributed by atoms with Crippen molar-refractivity contribution >= 4 is 5.97 Å². The van der Waals surface area contributed by atoms with Crippen LogP contribution in [-0.4, -0.2) is 35.6 Å². The molecule has 0 amide bonds. The molecule has 1 saturated heterocycles. The number of aliphatic carboxylic acids is 1. The fourth-order valence-electron chi connectivity index (χ4n) is 3.19. The molecule has 3 nitrogen and oxygen atoms in total. The third-order valence-electron chi connectivity index (χ3n) is 4.02. The summed E-state index contributed by atoms with van der Waals surface area (Å²) in [7, 11) is 0. The Balaban J connectivity index is 2.04. The lowest BCUT2D eigenvalue weighted by Gasteiger charge is -2.23. The number of carboxylic acid groups (broad SMARTS) is 1. The molecule has 1 saturated carbocycles. The van der Waals surface area contributed by atoms with Crippen molar-refractivity contribution in [3.05, 3.63) is 12.7 Å². The second kappa shape index (κ2) is 3.97. The predicted octanol–water partition coefficient (Wildman–Crippen LogP) is 1.75. The van der Waals surface area contributed by atoms with E-state index >= 15 is 0 Å². The quantitative estimate of drug-likeness (QED) is 0.717. The summed E-state index contributed by atoms with van der Waals surface area (Å²) in [6.45, 7) is 6.39. The fraction of sp³-hybridized carbons (Fsp3) is 0.750. The molecule has 2 fully saturated rings. The maximum Gasteiger partial charge on any atom is 0.311 e. The predicted molar refractivity (Wildman–Crippen MR) is 58.7 cm³/mol. The molecule has 2 aliphatic rings. The molecule has 0 spiro atoms. The van der Waals surface area contributed by atoms with E-state index in [0.29, 0.717) is 5.92 Å². The standard InChI is InChI=1S/C12H19NO2/c1-2-3-7-13-8-10-5-4-6-12(10,9-13)11(14)15/h2,10H,1,3-9H2,(H,14,15)/t10-,12+/m0/s1. The number of fused-ring (bicyclic) bond motifs is 1. The normalized spacial score (nSPS) is 35.3. The number of rotatable bonds is 4. The van der Waals surface area contributed by atoms with Gasteiger partial charge in [0.2, 0.25) is 0 Å². The van der Waals surface area contributed by atoms with Crippen molar-refractivity contribution < 1.29 is 9.90 Å². The summed E-state index contributed by atoms with van der Waals surface area (Å²) in [6, 6.07) is 0. The van der Waals surface area contributed by atoms with Crippen molar-refractivity contribution in [1.82, 2.24) is 4.90 Å². The largest absolute Gasteiger partial charge is 0.481 e. The molecule has 15 heavy (non-hydrogen) atoms. The summed E-state index contributed by atoms with van der Waals surface area (Å²) >= 11 is 0. The van der Waals surface area contributed by atoms with Crippen LogP contribution in [0.1, 0.15) is 25.7 Å². The van der Waals surface area contributed by atoms with Gasteiger partial charge in [0.05, 0.1) is 5.41 Å². The lowest BCUT2D eigenvalue weighted by Crippen LogP contribution is -2.35. The Kier molecular flexibility index (Phi) is 2.83. The lowest BCUT2D eigenvalue weighted by molar-refractivity contribution is -0.149. The van der Waals surface area contributed by atoms with Gasteiger partial charge in [0.15, 0.2) is 0 Å². The van der Waals surface area contributed by atoms with Crippen LogP contribution in [0.3, 0.4) is 0 Å². The highest BCUT2D eigenvalue weighted by molar-refractivity contribution is 5.76. The molecule has 84 valence electrons. The number of likely N-dealkylation sites (tertiary alicyclic amines) is 1. The van der Waals surface area contributed by atoms with E-state index in [1.54, 1.807) is 0 Å². The van der Waals surface area contributed by atoms with Gasteiger partial charge >= 0.3 is 5.97 Å². The van der Waals surface area contributed by atoms with Crippen LogP contribution in [0.15, 0.2) is 12.7 Å². The van der Waals surface area contributed by atoms with Gasteiger partial charge in [0.25, 0.3) is 0 Å². The molecule has 0 radical (unpaired) electrons. The van der Waals surface area contributed by atoms with Gasteiger partial charge in [-0.3, -0.25) is 4.79 Å². The van der Waals surface area contributed by atoms with Crippen molar-refractivity contribution in [2.75, 3.05) is 19.6 Å². The lowest BCUT2D eigenvalue weighted by atomic mass is 9.81. The van der Waals surface area contributed by atoms with Gasteiger partial charge in [0, 0.05) is 19.6 Å². The first-order chi connectivity index (χ1) is 7.19. The first-order valence-corrected chi connectivity index (χ1v) is 5.76. The van der Waals surface area contributed by atoms with Gasteiger partial charge in [0.1, 0.15) is 0 Å². The van der Waals surface area contributed by atoms with Gasteiger partial charge < -0.3 is 10.0 Å². The maximum atomic E-state index is 11.4. The zero-order valence-corrected chi connectivity index (χ0v) is 9.11. The third kappa shape index (κ3) is 1.69. The maximum absolute atomic E-state index is 11.4. The van der Waals surface area contributed by atoms with E-state index in [-0.39, 0.29) is 0 Å². The molecule has 1 aliphatic carbocycles. The molecule has 2 rings (SSSR count). The molecule has 1 heterocycles. The van der Waals surface area contributed by atoms with Crippen molar-refractivity contribution in [3.63, 3.8) is 0 Å². The summed E-state index contributed by atoms with van der Waals surface area (Å²) in [5.74, 6) is -0.189. The van der Waals surface area contributed by atoms with Crippen LogP contribution >= 0.6 is 0 Å². The summed E-state index contributed by atoms with van der Waals surface area (Å²) < 4.78 is 0. The highest BCUT2D eigenvalue weighted by atomic mass is 16.4. The fourth-order valence-corrected chi connectivity index (χ4v) is 3.19. The highest BCUT2D eigenvalue weighted by Crippen LogP contribution is 2.48. The zero-order valence-electron chi connectivity index (χ0n) is 9.11. The van der Waals surface area contributed by atoms with E-state index in [1.165, 1.54) is 0 Å². The van der Waals surface area contributed by atoms with Crippen LogP contribution < -0.4 is 0 Å². The second-order valence-electron chi connectivity index (χ2n) is 4.86. The van der Waals surface area contributed by atoms with Crippen LogP contribution in [0.25, 0.3) is 0 Å². The minimum Gasteiger partial charge on any atom is -0.481 e. The molecule has 0 aromatic heterocycles. The van der Waals surface area contributed by atoms with Crippen LogP contribution in [0, 0.1) is 11.3 Å². The molecule has 1 aliphatic heterocycles. The average molecular weight is 209 g/mol. The Morgan fingerprint density at radius 2 is 2.47 bits per heavy atom. The van der Waals surface area contributed by atoms with Crippen LogP contribution in [-0.2, 0) is 4.79 Å². The second-order valence-corrected chi connectivity index (χ2v) is 4.86. The van der Waals surface area contributed by atoms with E-state index in [4.69, 9.17) is 0 Å². The minimum atomic E-state index is -0.578. The van der Waals surface area contributed by atoms with Crippen molar-refractivity contribution in [2.24, 2.45) is 11.3 Å². The Morgan fingerprint density at radius 1 is 1.67 bits per heavy atom. The number of carbonyl (C=O) groups is 1. The highest BCUT2D eigenvalue weighted by Gasteiger charge is 2.54.